The number of thioether (sulfide) groups is 1. The minimum atomic E-state index is -3.77. The summed E-state index contributed by atoms with van der Waals surface area (Å²) < 4.78 is 29.6. The highest BCUT2D eigenvalue weighted by atomic mass is 32.2. The zero-order chi connectivity index (χ0) is 28.5. The van der Waals surface area contributed by atoms with E-state index in [9.17, 15) is 24.2 Å². The molecule has 5 atom stereocenters. The Morgan fingerprint density at radius 1 is 1.15 bits per heavy atom. The summed E-state index contributed by atoms with van der Waals surface area (Å²) in [6.07, 6.45) is 3.41. The molecule has 4 amide bonds. The SMILES string of the molecule is CCOP(=O)(OCC)C1(C)C(COC(=O)NCCCNC(=O)CCCCC2SCC3NC(=O)NC32)CCN1[O-]. The van der Waals surface area contributed by atoms with Gasteiger partial charge in [0.1, 0.15) is 5.28 Å². The van der Waals surface area contributed by atoms with E-state index in [0.717, 1.165) is 30.1 Å². The van der Waals surface area contributed by atoms with Gasteiger partial charge in [-0.05, 0) is 53.0 Å². The lowest BCUT2D eigenvalue weighted by Crippen LogP contribution is -2.45. The first-order valence-corrected chi connectivity index (χ1v) is 16.4. The van der Waals surface area contributed by atoms with Crippen molar-refractivity contribution in [3.05, 3.63) is 5.21 Å². The molecule has 0 saturated carbocycles. The number of rotatable bonds is 16. The second kappa shape index (κ2) is 14.9. The van der Waals surface area contributed by atoms with E-state index in [1.54, 1.807) is 20.8 Å². The Bertz CT molecular complexity index is 891. The van der Waals surface area contributed by atoms with Crippen LogP contribution in [-0.2, 0) is 23.1 Å². The van der Waals surface area contributed by atoms with Gasteiger partial charge >= 0.3 is 19.7 Å². The van der Waals surface area contributed by atoms with Gasteiger partial charge in [-0.3, -0.25) is 9.36 Å². The summed E-state index contributed by atoms with van der Waals surface area (Å²) in [6, 6.07) is 0.315. The summed E-state index contributed by atoms with van der Waals surface area (Å²) in [7, 11) is -3.77. The lowest BCUT2D eigenvalue weighted by atomic mass is 10.0. The number of carbonyl (C=O) groups excluding carboxylic acids is 3. The van der Waals surface area contributed by atoms with Crippen molar-refractivity contribution in [3.63, 3.8) is 0 Å². The number of unbranched alkanes of at least 4 members (excludes halogenated alkanes) is 1. The standard InChI is InChI=1S/C24H43N5O8PS/c1-4-36-38(34,37-5-2)24(3)17(11-14-29(24)33)15-35-23(32)26-13-8-12-25-20(30)10-7-6-9-19-21-18(16-39-19)27-22(31)28-21/h17-19,21H,4-16H2,1-3H3,(H,25,30)(H,26,32)(H2,27,28,31)/q-1. The first-order valence-electron chi connectivity index (χ1n) is 13.8. The summed E-state index contributed by atoms with van der Waals surface area (Å²) in [5.41, 5.74) is 0. The van der Waals surface area contributed by atoms with Crippen molar-refractivity contribution in [2.24, 2.45) is 5.92 Å². The molecule has 0 aliphatic carbocycles. The fourth-order valence-corrected chi connectivity index (χ4v) is 9.16. The molecular formula is C24H43N5O8PS-. The minimum absolute atomic E-state index is 0.0268. The van der Waals surface area contributed by atoms with Crippen LogP contribution in [0.2, 0.25) is 0 Å². The number of hydroxylamine groups is 2. The summed E-state index contributed by atoms with van der Waals surface area (Å²) >= 11 is 1.87. The Morgan fingerprint density at radius 3 is 2.59 bits per heavy atom. The highest BCUT2D eigenvalue weighted by Crippen LogP contribution is 2.66. The molecule has 5 unspecified atom stereocenters. The number of fused-ring (bicyclic) bond motifs is 1. The van der Waals surface area contributed by atoms with E-state index >= 15 is 0 Å². The van der Waals surface area contributed by atoms with Gasteiger partial charge in [-0.25, -0.2) is 9.59 Å². The van der Waals surface area contributed by atoms with Gasteiger partial charge in [-0.15, -0.1) is 0 Å². The zero-order valence-corrected chi connectivity index (χ0v) is 24.8. The van der Waals surface area contributed by atoms with Crippen LogP contribution in [0.15, 0.2) is 0 Å². The number of nitrogens with one attached hydrogen (secondary N) is 4. The third-order valence-electron chi connectivity index (χ3n) is 7.55. The number of urea groups is 1. The Hall–Kier alpha value is -1.57. The van der Waals surface area contributed by atoms with Crippen molar-refractivity contribution in [1.82, 2.24) is 26.3 Å². The molecule has 3 heterocycles. The third-order valence-corrected chi connectivity index (χ3v) is 12.0. The maximum atomic E-state index is 13.4. The maximum Gasteiger partial charge on any atom is 0.407 e. The van der Waals surface area contributed by atoms with Crippen LogP contribution in [0.3, 0.4) is 0 Å². The van der Waals surface area contributed by atoms with Crippen molar-refractivity contribution in [1.29, 1.82) is 0 Å². The van der Waals surface area contributed by atoms with Gasteiger partial charge in [0.25, 0.3) is 0 Å². The highest BCUT2D eigenvalue weighted by molar-refractivity contribution is 8.00. The first-order chi connectivity index (χ1) is 18.6. The molecule has 3 aliphatic heterocycles. The van der Waals surface area contributed by atoms with E-state index in [1.165, 1.54) is 0 Å². The highest BCUT2D eigenvalue weighted by Gasteiger charge is 2.56. The van der Waals surface area contributed by atoms with E-state index in [-0.39, 0.29) is 50.4 Å². The number of ether oxygens (including phenoxy) is 1. The van der Waals surface area contributed by atoms with Crippen molar-refractivity contribution in [2.45, 2.75) is 81.9 Å². The van der Waals surface area contributed by atoms with Crippen LogP contribution in [0.25, 0.3) is 0 Å². The first kappa shape index (κ1) is 32.0. The van der Waals surface area contributed by atoms with E-state index in [1.807, 2.05) is 11.8 Å². The van der Waals surface area contributed by atoms with Crippen LogP contribution >= 0.6 is 19.4 Å². The molecule has 224 valence electrons. The Balaban J connectivity index is 1.26. The molecule has 0 aromatic carbocycles. The number of hydrogen-bond acceptors (Lipinski definition) is 10. The molecule has 39 heavy (non-hydrogen) atoms. The summed E-state index contributed by atoms with van der Waals surface area (Å²) in [5.74, 6) is 0.394. The van der Waals surface area contributed by atoms with Crippen molar-refractivity contribution in [2.75, 3.05) is 45.2 Å². The van der Waals surface area contributed by atoms with Gasteiger partial charge in [-0.2, -0.15) is 11.8 Å². The molecule has 3 fully saturated rings. The van der Waals surface area contributed by atoms with E-state index in [4.69, 9.17) is 13.8 Å². The summed E-state index contributed by atoms with van der Waals surface area (Å²) in [5, 5.41) is 23.7. The van der Waals surface area contributed by atoms with Gasteiger partial charge < -0.3 is 45.3 Å². The number of alkyl carbamates (subject to hydrolysis) is 1. The van der Waals surface area contributed by atoms with E-state index in [0.29, 0.717) is 37.6 Å². The van der Waals surface area contributed by atoms with E-state index in [2.05, 4.69) is 21.3 Å². The van der Waals surface area contributed by atoms with Crippen LogP contribution in [0, 0.1) is 11.1 Å². The largest absolute Gasteiger partial charge is 0.784 e. The van der Waals surface area contributed by atoms with Crippen LogP contribution in [0.4, 0.5) is 9.59 Å². The molecule has 3 rings (SSSR count). The second-order valence-electron chi connectivity index (χ2n) is 10.1. The van der Waals surface area contributed by atoms with Crippen molar-refractivity contribution >= 4 is 37.4 Å². The number of amides is 4. The molecule has 0 radical (unpaired) electrons. The molecule has 0 bridgehead atoms. The van der Waals surface area contributed by atoms with Crippen LogP contribution in [0.5, 0.6) is 0 Å². The van der Waals surface area contributed by atoms with Gasteiger partial charge in [-0.1, -0.05) is 6.42 Å². The average molecular weight is 593 g/mol. The molecule has 15 heteroatoms. The molecule has 3 saturated heterocycles. The molecule has 0 spiro atoms. The lowest BCUT2D eigenvalue weighted by molar-refractivity contribution is -0.121. The second-order valence-corrected chi connectivity index (χ2v) is 13.8. The molecule has 0 aromatic heterocycles. The lowest BCUT2D eigenvalue weighted by Gasteiger charge is -2.46. The third kappa shape index (κ3) is 8.01. The van der Waals surface area contributed by atoms with Crippen LogP contribution in [0.1, 0.15) is 59.3 Å². The Kier molecular flexibility index (Phi) is 12.2. The molecule has 4 N–H and O–H groups in total. The maximum absolute atomic E-state index is 13.4. The fourth-order valence-electron chi connectivity index (χ4n) is 5.31. The molecule has 0 aromatic rings. The zero-order valence-electron chi connectivity index (χ0n) is 23.1. The number of nitrogens with zero attached hydrogens (tertiary/aromatic N) is 1. The quantitative estimate of drug-likeness (QED) is 0.119. The van der Waals surface area contributed by atoms with Gasteiger partial charge in [0.15, 0.2) is 0 Å². The van der Waals surface area contributed by atoms with Crippen LogP contribution in [-0.4, -0.2) is 90.9 Å². The van der Waals surface area contributed by atoms with Gasteiger partial charge in [0.05, 0.1) is 31.9 Å². The predicted octanol–water partition coefficient (Wildman–Crippen LogP) is 2.75. The Morgan fingerprint density at radius 2 is 1.87 bits per heavy atom. The van der Waals surface area contributed by atoms with Crippen molar-refractivity contribution in [3.8, 4) is 0 Å². The Labute approximate surface area is 234 Å². The minimum Gasteiger partial charge on any atom is -0.784 e. The fraction of sp³-hybridized carbons (Fsp3) is 0.875. The average Bonchev–Trinajstić information content (AvgIpc) is 3.54. The van der Waals surface area contributed by atoms with E-state index < -0.39 is 24.9 Å². The predicted molar refractivity (Wildman–Crippen MR) is 148 cm³/mol. The summed E-state index contributed by atoms with van der Waals surface area (Å²) in [6.45, 7) is 5.96. The smallest absolute Gasteiger partial charge is 0.407 e. The van der Waals surface area contributed by atoms with Crippen molar-refractivity contribution < 1.29 is 32.7 Å². The number of hydrogen-bond donors (Lipinski definition) is 4. The molecule has 13 nitrogen and oxygen atoms in total. The van der Waals surface area contributed by atoms with Gasteiger partial charge in [0, 0.05) is 36.4 Å². The van der Waals surface area contributed by atoms with Crippen LogP contribution < -0.4 is 21.3 Å². The topological polar surface area (TPSA) is 170 Å². The van der Waals surface area contributed by atoms with Gasteiger partial charge in [0.2, 0.25) is 5.91 Å². The molecule has 3 aliphatic rings. The summed E-state index contributed by atoms with van der Waals surface area (Å²) in [4.78, 5) is 35.7. The monoisotopic (exact) mass is 592 g/mol. The normalized spacial score (nSPS) is 28.6. The molecular weight excluding hydrogens is 549 g/mol. The number of carbonyl (C=O) groups is 3.